The lowest BCUT2D eigenvalue weighted by molar-refractivity contribution is 0.103. The van der Waals surface area contributed by atoms with Crippen LogP contribution < -0.4 is 4.72 Å². The summed E-state index contributed by atoms with van der Waals surface area (Å²) in [5, 5.41) is 1.27. The zero-order chi connectivity index (χ0) is 25.6. The molecule has 0 spiro atoms. The van der Waals surface area contributed by atoms with E-state index in [-0.39, 0.29) is 11.3 Å². The number of rotatable bonds is 7. The van der Waals surface area contributed by atoms with Crippen LogP contribution in [-0.2, 0) is 10.0 Å². The minimum atomic E-state index is -3.85. The Hall–Kier alpha value is -3.77. The van der Waals surface area contributed by atoms with Crippen LogP contribution in [0.5, 0.6) is 0 Å². The van der Waals surface area contributed by atoms with Gasteiger partial charge in [0.1, 0.15) is 22.6 Å². The number of halogens is 2. The van der Waals surface area contributed by atoms with E-state index in [1.54, 1.807) is 19.2 Å². The summed E-state index contributed by atoms with van der Waals surface area (Å²) in [6.45, 7) is 3.53. The largest absolute Gasteiger partial charge is 0.345 e. The molecule has 0 unspecified atom stereocenters. The Morgan fingerprint density at radius 1 is 1.14 bits per heavy atom. The summed E-state index contributed by atoms with van der Waals surface area (Å²) >= 11 is 1.43. The molecular formula is C24H19F2N5O3S2. The number of hydrogen-bond donors (Lipinski definition) is 2. The van der Waals surface area contributed by atoms with E-state index in [1.165, 1.54) is 23.9 Å². The number of nitrogens with zero attached hydrogens (tertiary/aromatic N) is 3. The highest BCUT2D eigenvalue weighted by atomic mass is 32.2. The van der Waals surface area contributed by atoms with E-state index in [0.717, 1.165) is 32.9 Å². The summed E-state index contributed by atoms with van der Waals surface area (Å²) < 4.78 is 56.2. The second kappa shape index (κ2) is 9.03. The summed E-state index contributed by atoms with van der Waals surface area (Å²) in [6.07, 6.45) is 4.75. The molecule has 0 atom stereocenters. The Kier molecular flexibility index (Phi) is 6.00. The lowest BCUT2D eigenvalue weighted by atomic mass is 10.0. The van der Waals surface area contributed by atoms with Gasteiger partial charge in [0, 0.05) is 44.9 Å². The van der Waals surface area contributed by atoms with E-state index in [2.05, 4.69) is 24.7 Å². The van der Waals surface area contributed by atoms with Crippen molar-refractivity contribution in [2.24, 2.45) is 0 Å². The van der Waals surface area contributed by atoms with Crippen molar-refractivity contribution in [3.8, 4) is 10.4 Å². The number of thiophene rings is 1. The summed E-state index contributed by atoms with van der Waals surface area (Å²) in [7, 11) is -3.85. The predicted octanol–water partition coefficient (Wildman–Crippen LogP) is 5.20. The summed E-state index contributed by atoms with van der Waals surface area (Å²) in [4.78, 5) is 30.7. The first-order chi connectivity index (χ1) is 17.2. The van der Waals surface area contributed by atoms with Crippen molar-refractivity contribution in [1.82, 2.24) is 19.9 Å². The maximum Gasteiger partial charge on any atom is 0.232 e. The Balaban J connectivity index is 1.58. The van der Waals surface area contributed by atoms with Crippen LogP contribution in [0.25, 0.3) is 31.7 Å². The average molecular weight is 528 g/mol. The molecule has 0 saturated heterocycles. The Morgan fingerprint density at radius 3 is 2.69 bits per heavy atom. The van der Waals surface area contributed by atoms with Crippen LogP contribution in [-0.4, -0.2) is 39.9 Å². The van der Waals surface area contributed by atoms with E-state index in [9.17, 15) is 17.6 Å². The van der Waals surface area contributed by atoms with Crippen molar-refractivity contribution in [1.29, 1.82) is 0 Å². The van der Waals surface area contributed by atoms with E-state index in [4.69, 9.17) is 0 Å². The molecule has 0 amide bonds. The van der Waals surface area contributed by atoms with Crippen molar-refractivity contribution < 1.29 is 22.0 Å². The zero-order valence-corrected chi connectivity index (χ0v) is 20.7. The molecule has 36 heavy (non-hydrogen) atoms. The first-order valence-corrected chi connectivity index (χ1v) is 13.4. The number of H-pyrrole nitrogens is 1. The van der Waals surface area contributed by atoms with Crippen LogP contribution in [0.2, 0.25) is 0 Å². The van der Waals surface area contributed by atoms with Crippen molar-refractivity contribution >= 4 is 54.1 Å². The molecule has 8 nitrogen and oxygen atoms in total. The minimum absolute atomic E-state index is 0.00259. The van der Waals surface area contributed by atoms with Crippen LogP contribution in [0, 0.1) is 18.6 Å². The van der Waals surface area contributed by atoms with Gasteiger partial charge in [-0.05, 0) is 37.6 Å². The molecule has 4 aromatic heterocycles. The molecule has 0 aliphatic rings. The molecule has 12 heteroatoms. The fourth-order valence-corrected chi connectivity index (χ4v) is 6.07. The minimum Gasteiger partial charge on any atom is -0.345 e. The van der Waals surface area contributed by atoms with Gasteiger partial charge in [-0.3, -0.25) is 9.52 Å². The van der Waals surface area contributed by atoms with Crippen LogP contribution in [0.15, 0.2) is 43.0 Å². The lowest BCUT2D eigenvalue weighted by Gasteiger charge is -2.11. The van der Waals surface area contributed by atoms with Gasteiger partial charge in [0.2, 0.25) is 15.8 Å². The number of carbonyl (C=O) groups is 1. The standard InChI is InChI=1S/C24H19F2N5O3S2/c1-3-6-36(33,34)31-18-5-4-17(25)20(21(18)26)22(32)16-10-28-23-15(16)7-13(9-27-23)19-8-14-12(2)29-11-30-24(14)35-19/h4-5,7-11,31H,3,6H2,1-2H3,(H,27,28). The van der Waals surface area contributed by atoms with Gasteiger partial charge in [-0.25, -0.2) is 32.2 Å². The third kappa shape index (κ3) is 4.22. The number of benzene rings is 1. The lowest BCUT2D eigenvalue weighted by Crippen LogP contribution is -2.18. The smallest absolute Gasteiger partial charge is 0.232 e. The molecule has 0 aliphatic heterocycles. The molecule has 0 radical (unpaired) electrons. The van der Waals surface area contributed by atoms with E-state index >= 15 is 4.39 Å². The number of hydrogen-bond acceptors (Lipinski definition) is 7. The molecule has 5 rings (SSSR count). The fraction of sp³-hybridized carbons (Fsp3) is 0.167. The maximum atomic E-state index is 15.2. The summed E-state index contributed by atoms with van der Waals surface area (Å²) in [5.41, 5.74) is 0.539. The first kappa shape index (κ1) is 23.9. The Morgan fingerprint density at radius 2 is 1.94 bits per heavy atom. The maximum absolute atomic E-state index is 15.2. The Bertz CT molecular complexity index is 1760. The zero-order valence-electron chi connectivity index (χ0n) is 19.1. The highest BCUT2D eigenvalue weighted by Crippen LogP contribution is 2.35. The SMILES string of the molecule is CCCS(=O)(=O)Nc1ccc(F)c(C(=O)c2c[nH]c3ncc(-c4cc5c(C)ncnc5s4)cc23)c1F. The van der Waals surface area contributed by atoms with Gasteiger partial charge in [-0.1, -0.05) is 6.92 Å². The second-order valence-electron chi connectivity index (χ2n) is 8.15. The first-order valence-electron chi connectivity index (χ1n) is 10.9. The quantitative estimate of drug-likeness (QED) is 0.281. The van der Waals surface area contributed by atoms with Crippen molar-refractivity contribution in [3.05, 3.63) is 71.4 Å². The summed E-state index contributed by atoms with van der Waals surface area (Å²) in [5.74, 6) is -3.57. The average Bonchev–Trinajstić information content (AvgIpc) is 3.45. The number of sulfonamides is 1. The normalized spacial score (nSPS) is 11.9. The molecule has 0 fully saturated rings. The Labute approximate surface area is 208 Å². The van der Waals surface area contributed by atoms with Crippen molar-refractivity contribution in [2.45, 2.75) is 20.3 Å². The molecular weight excluding hydrogens is 508 g/mol. The highest BCUT2D eigenvalue weighted by molar-refractivity contribution is 7.92. The third-order valence-corrected chi connectivity index (χ3v) is 8.21. The van der Waals surface area contributed by atoms with Gasteiger partial charge in [0.25, 0.3) is 0 Å². The number of anilines is 1. The number of nitrogens with one attached hydrogen (secondary N) is 2. The van der Waals surface area contributed by atoms with Gasteiger partial charge < -0.3 is 4.98 Å². The number of pyridine rings is 1. The van der Waals surface area contributed by atoms with Gasteiger partial charge in [0.15, 0.2) is 5.82 Å². The second-order valence-corrected chi connectivity index (χ2v) is 11.0. The number of aryl methyl sites for hydroxylation is 1. The fourth-order valence-electron chi connectivity index (χ4n) is 3.90. The number of fused-ring (bicyclic) bond motifs is 2. The van der Waals surface area contributed by atoms with Gasteiger partial charge in [0.05, 0.1) is 17.0 Å². The molecule has 0 aliphatic carbocycles. The molecule has 5 aromatic rings. The molecule has 0 bridgehead atoms. The molecule has 2 N–H and O–H groups in total. The monoisotopic (exact) mass is 527 g/mol. The predicted molar refractivity (Wildman–Crippen MR) is 135 cm³/mol. The van der Waals surface area contributed by atoms with Gasteiger partial charge in [-0.15, -0.1) is 11.3 Å². The van der Waals surface area contributed by atoms with Gasteiger partial charge >= 0.3 is 0 Å². The van der Waals surface area contributed by atoms with Crippen LogP contribution >= 0.6 is 11.3 Å². The number of carbonyl (C=O) groups excluding carboxylic acids is 1. The topological polar surface area (TPSA) is 118 Å². The van der Waals surface area contributed by atoms with E-state index in [1.807, 2.05) is 13.0 Å². The number of ketones is 1. The van der Waals surface area contributed by atoms with Crippen molar-refractivity contribution in [2.75, 3.05) is 10.5 Å². The van der Waals surface area contributed by atoms with Gasteiger partial charge in [-0.2, -0.15) is 0 Å². The summed E-state index contributed by atoms with van der Waals surface area (Å²) in [6, 6.07) is 5.45. The van der Waals surface area contributed by atoms with Crippen LogP contribution in [0.3, 0.4) is 0 Å². The number of aromatic amines is 1. The highest BCUT2D eigenvalue weighted by Gasteiger charge is 2.26. The number of aromatic nitrogens is 4. The van der Waals surface area contributed by atoms with E-state index in [0.29, 0.717) is 23.0 Å². The van der Waals surface area contributed by atoms with Crippen molar-refractivity contribution in [3.63, 3.8) is 0 Å². The van der Waals surface area contributed by atoms with Crippen LogP contribution in [0.4, 0.5) is 14.5 Å². The molecule has 4 heterocycles. The molecule has 0 saturated carbocycles. The van der Waals surface area contributed by atoms with Crippen LogP contribution in [0.1, 0.15) is 35.0 Å². The third-order valence-electron chi connectivity index (χ3n) is 5.65. The molecule has 1 aromatic carbocycles. The molecule has 184 valence electrons. The van der Waals surface area contributed by atoms with E-state index < -0.39 is 38.7 Å².